The van der Waals surface area contributed by atoms with Gasteiger partial charge in [0, 0.05) is 39.3 Å². The Bertz CT molecular complexity index is 6850. The minimum Gasteiger partial charge on any atom is -0.457 e. The largest absolute Gasteiger partial charge is 0.457 e. The Morgan fingerprint density at radius 2 is 0.476 bits per heavy atom. The molecule has 0 radical (unpaired) electrons. The summed E-state index contributed by atoms with van der Waals surface area (Å²) >= 11 is 0. The summed E-state index contributed by atoms with van der Waals surface area (Å²) < 4.78 is 104. The van der Waals surface area contributed by atoms with Gasteiger partial charge in [0.05, 0.1) is 44.0 Å². The van der Waals surface area contributed by atoms with E-state index < -0.39 is 50.1 Å². The quantitative estimate of drug-likeness (QED) is 0.0349. The van der Waals surface area contributed by atoms with E-state index in [0.29, 0.717) is 135 Å². The molecule has 4 heterocycles. The standard InChI is InChI=1S/C53H45N3O5P2.C52H44N4O5P2/c1-34-20-30-44(46(55)32-34)52(2,62(57)50-18-10-6-14-42(50)40-12-4-8-16-48(40)60-62)35-21-26-38(27-22-35)59-39-28-23-36(24-29-39)53(3,45-31-25-37(54)33-47(45)56)63(58)51-19-11-7-15-43(51)41-13-5-9-17-49(41)61-63;1-51(35-23-29-43(53)45(55)31-35,62(57)49-17-9-5-13-41(49)39-11-3-7-15-47(39)60-62)33-19-25-37(26-20-33)59-38-27-21-34(22-28-38)52(2,36-24-30-44(54)46(56)32-36)63(58)50-18-10-6-14-42(50)40-12-4-8-16-48(40)61-63/h4-33H,54-56H2,1-3H3;3-32H,53-56H2,1-2H3. The minimum absolute atomic E-state index is 0.379. The second kappa shape index (κ2) is 31.0. The Morgan fingerprint density at radius 3 is 0.762 bits per heavy atom. The Labute approximate surface area is 731 Å². The van der Waals surface area contributed by atoms with Gasteiger partial charge in [-0.15, -0.1) is 0 Å². The van der Waals surface area contributed by atoms with Crippen LogP contribution in [0.2, 0.25) is 0 Å². The van der Waals surface area contributed by atoms with E-state index in [4.69, 9.17) is 67.7 Å². The summed E-state index contributed by atoms with van der Waals surface area (Å²) in [5.41, 5.74) is 61.5. The average Bonchev–Trinajstić information content (AvgIpc) is 0.717. The minimum atomic E-state index is -3.84. The molecule has 8 atom stereocenters. The van der Waals surface area contributed by atoms with Crippen molar-refractivity contribution in [2.45, 2.75) is 55.2 Å². The molecule has 0 aromatic heterocycles. The summed E-state index contributed by atoms with van der Waals surface area (Å²) in [6.07, 6.45) is 0. The lowest BCUT2D eigenvalue weighted by Gasteiger charge is -2.42. The van der Waals surface area contributed by atoms with Crippen LogP contribution in [0.25, 0.3) is 44.5 Å². The van der Waals surface area contributed by atoms with E-state index in [1.165, 1.54) is 0 Å². The molecule has 20 rings (SSSR count). The lowest BCUT2D eigenvalue weighted by Crippen LogP contribution is -2.35. The van der Waals surface area contributed by atoms with Crippen molar-refractivity contribution in [1.82, 2.24) is 0 Å². The highest BCUT2D eigenvalue weighted by Gasteiger charge is 2.59. The number of hydrogen-bond acceptors (Lipinski definition) is 17. The molecule has 0 fully saturated rings. The van der Waals surface area contributed by atoms with Gasteiger partial charge in [-0.05, 0) is 246 Å². The van der Waals surface area contributed by atoms with Gasteiger partial charge in [-0.3, -0.25) is 18.3 Å². The number of rotatable bonds is 16. The van der Waals surface area contributed by atoms with E-state index in [9.17, 15) is 0 Å². The first-order chi connectivity index (χ1) is 60.7. The van der Waals surface area contributed by atoms with Crippen LogP contribution < -0.4 is 88.9 Å². The van der Waals surface area contributed by atoms with Crippen LogP contribution in [0, 0.1) is 6.92 Å². The van der Waals surface area contributed by atoms with Crippen molar-refractivity contribution in [2.24, 2.45) is 0 Å². The summed E-state index contributed by atoms with van der Waals surface area (Å²) in [7, 11) is -15.3. The Kier molecular flexibility index (Phi) is 20.0. The summed E-state index contributed by atoms with van der Waals surface area (Å²) in [6, 6.07) is 114. The number of fused-ring (bicyclic) bond motifs is 12. The van der Waals surface area contributed by atoms with E-state index >= 15 is 18.3 Å². The fraction of sp³-hybridized carbons (Fsp3) is 0.0857. The van der Waals surface area contributed by atoms with Crippen LogP contribution in [0.15, 0.2) is 364 Å². The van der Waals surface area contributed by atoms with Crippen molar-refractivity contribution in [1.29, 1.82) is 0 Å². The van der Waals surface area contributed by atoms with Crippen LogP contribution in [0.3, 0.4) is 0 Å². The normalized spacial score (nSPS) is 19.0. The molecule has 624 valence electrons. The molecule has 0 amide bonds. The van der Waals surface area contributed by atoms with Crippen LogP contribution in [-0.2, 0) is 38.9 Å². The topological polar surface area (TPSA) is 306 Å². The van der Waals surface area contributed by atoms with Gasteiger partial charge in [-0.1, -0.05) is 224 Å². The third kappa shape index (κ3) is 12.9. The predicted molar refractivity (Wildman–Crippen MR) is 512 cm³/mol. The number of anilines is 7. The monoisotopic (exact) mass is 1730 g/mol. The van der Waals surface area contributed by atoms with Crippen molar-refractivity contribution in [2.75, 3.05) is 40.1 Å². The van der Waals surface area contributed by atoms with Crippen LogP contribution in [0.5, 0.6) is 46.0 Å². The van der Waals surface area contributed by atoms with Gasteiger partial charge < -0.3 is 67.7 Å². The molecule has 0 saturated carbocycles. The number of aryl methyl sites for hydroxylation is 1. The molecule has 14 N–H and O–H groups in total. The van der Waals surface area contributed by atoms with Crippen molar-refractivity contribution in [3.63, 3.8) is 0 Å². The SMILES string of the molecule is CC(c1ccc(Oc2ccc(C(C)(c3ccc(N)c(N)c3)P3(=O)Oc4ccccc4-c4ccccc43)cc2)cc1)(c1ccc(N)c(N)c1)P1(=O)Oc2ccccc2-c2ccccc21.Cc1ccc(C(C)(c2ccc(Oc3ccc(C(C)(c4ccc(N)cc4N)P4(=O)Oc5ccccc5-c5ccccc54)cc3)cc2)P2(=O)Oc3ccccc3-c3ccccc32)c(N)c1. The van der Waals surface area contributed by atoms with Crippen molar-refractivity contribution >= 4 is 90.5 Å². The molecule has 16 aromatic rings. The number of benzene rings is 16. The zero-order valence-corrected chi connectivity index (χ0v) is 73.1. The van der Waals surface area contributed by atoms with Crippen molar-refractivity contribution in [3.05, 3.63) is 414 Å². The highest BCUT2D eigenvalue weighted by Crippen LogP contribution is 2.74. The lowest BCUT2D eigenvalue weighted by molar-refractivity contribution is 0.461. The fourth-order valence-corrected chi connectivity index (χ4v) is 30.5. The van der Waals surface area contributed by atoms with Crippen molar-refractivity contribution < 1.29 is 45.8 Å². The maximum atomic E-state index is 16.0. The summed E-state index contributed by atoms with van der Waals surface area (Å²) in [6.45, 7) is 9.73. The van der Waals surface area contributed by atoms with Crippen LogP contribution in [0.1, 0.15) is 77.8 Å². The second-order valence-corrected chi connectivity index (χ2v) is 43.5. The van der Waals surface area contributed by atoms with Crippen LogP contribution in [0.4, 0.5) is 39.8 Å². The summed E-state index contributed by atoms with van der Waals surface area (Å²) in [5.74, 6) is 4.38. The van der Waals surface area contributed by atoms with Crippen LogP contribution >= 0.6 is 29.5 Å². The Balaban J connectivity index is 0.000000165. The maximum Gasteiger partial charge on any atom is 0.292 e. The molecule has 16 aromatic carbocycles. The van der Waals surface area contributed by atoms with Gasteiger partial charge in [0.15, 0.2) is 0 Å². The van der Waals surface area contributed by atoms with Gasteiger partial charge >= 0.3 is 0 Å². The number of nitrogen functional groups attached to an aromatic ring is 7. The number of para-hydroxylation sites is 4. The van der Waals surface area contributed by atoms with E-state index in [-0.39, 0.29) is 0 Å². The third-order valence-electron chi connectivity index (χ3n) is 25.6. The number of ether oxygens (including phenoxy) is 2. The molecule has 21 heteroatoms. The first-order valence-corrected chi connectivity index (χ1v) is 47.8. The first kappa shape index (κ1) is 81.5. The molecule has 0 bridgehead atoms. The maximum absolute atomic E-state index is 16.0. The Hall–Kier alpha value is -14.2. The first-order valence-electron chi connectivity index (χ1n) is 41.3. The van der Waals surface area contributed by atoms with E-state index in [1.807, 2.05) is 362 Å². The van der Waals surface area contributed by atoms with Gasteiger partial charge in [-0.25, -0.2) is 0 Å². The van der Waals surface area contributed by atoms with Crippen molar-refractivity contribution in [3.8, 4) is 90.5 Å². The molecular weight excluding hydrogens is 1640 g/mol. The van der Waals surface area contributed by atoms with Gasteiger partial charge in [0.2, 0.25) is 0 Å². The second-order valence-electron chi connectivity index (χ2n) is 32.8. The highest BCUT2D eigenvalue weighted by atomic mass is 31.2. The zero-order valence-electron chi connectivity index (χ0n) is 69.6. The molecule has 8 unspecified atom stereocenters. The molecule has 0 spiro atoms. The third-order valence-corrected chi connectivity index (χ3v) is 38.3. The molecule has 4 aliphatic rings. The lowest BCUT2D eigenvalue weighted by atomic mass is 9.90. The smallest absolute Gasteiger partial charge is 0.292 e. The fourth-order valence-electron chi connectivity index (χ4n) is 18.5. The van der Waals surface area contributed by atoms with Crippen LogP contribution in [-0.4, -0.2) is 0 Å². The van der Waals surface area contributed by atoms with E-state index in [1.54, 1.807) is 36.4 Å². The summed E-state index contributed by atoms with van der Waals surface area (Å²) in [4.78, 5) is 0. The average molecular weight is 1730 g/mol. The number of hydrogen-bond donors (Lipinski definition) is 7. The predicted octanol–water partition coefficient (Wildman–Crippen LogP) is 24.0. The van der Waals surface area contributed by atoms with Gasteiger partial charge in [0.1, 0.15) is 66.6 Å². The number of nitrogens with two attached hydrogens (primary N) is 7. The molecule has 17 nitrogen and oxygen atoms in total. The van der Waals surface area contributed by atoms with Gasteiger partial charge in [0.25, 0.3) is 29.5 Å². The van der Waals surface area contributed by atoms with E-state index in [2.05, 4.69) is 0 Å². The molecule has 0 aliphatic carbocycles. The van der Waals surface area contributed by atoms with Gasteiger partial charge in [-0.2, -0.15) is 0 Å². The van der Waals surface area contributed by atoms with E-state index in [0.717, 1.165) is 66.8 Å². The molecular formula is C105H89N7O10P4. The molecule has 4 aliphatic heterocycles. The highest BCUT2D eigenvalue weighted by molar-refractivity contribution is 7.70. The molecule has 126 heavy (non-hydrogen) atoms. The Morgan fingerprint density at radius 1 is 0.230 bits per heavy atom. The zero-order chi connectivity index (χ0) is 87.5. The summed E-state index contributed by atoms with van der Waals surface area (Å²) in [5, 5.41) is -2.43. The molecule has 0 saturated heterocycles.